The molecule has 16 heavy (non-hydrogen) atoms. The van der Waals surface area contributed by atoms with Gasteiger partial charge in [-0.1, -0.05) is 34.8 Å². The van der Waals surface area contributed by atoms with Crippen molar-refractivity contribution in [2.24, 2.45) is 0 Å². The smallest absolute Gasteiger partial charge is 0.274 e. The number of hydrogen-bond acceptors (Lipinski definition) is 3. The summed E-state index contributed by atoms with van der Waals surface area (Å²) in [5, 5.41) is -0.0426. The first-order valence-electron chi connectivity index (χ1n) is 4.22. The Morgan fingerprint density at radius 1 is 1.31 bits per heavy atom. The van der Waals surface area contributed by atoms with Crippen LogP contribution in [0.15, 0.2) is 23.3 Å². The van der Waals surface area contributed by atoms with Crippen molar-refractivity contribution in [1.29, 1.82) is 0 Å². The third-order valence-corrected chi connectivity index (χ3v) is 3.84. The molecule has 0 spiro atoms. The second kappa shape index (κ2) is 4.75. The molecule has 2 rings (SSSR count). The van der Waals surface area contributed by atoms with E-state index in [-0.39, 0.29) is 15.7 Å². The third-order valence-electron chi connectivity index (χ3n) is 1.90. The summed E-state index contributed by atoms with van der Waals surface area (Å²) in [5.41, 5.74) is -0.355. The summed E-state index contributed by atoms with van der Waals surface area (Å²) >= 11 is 18.5. The molecule has 0 amide bonds. The van der Waals surface area contributed by atoms with Crippen molar-refractivity contribution in [3.63, 3.8) is 0 Å². The van der Waals surface area contributed by atoms with Crippen LogP contribution in [-0.2, 0) is 6.54 Å². The van der Waals surface area contributed by atoms with Crippen LogP contribution in [-0.4, -0.2) is 9.55 Å². The van der Waals surface area contributed by atoms with E-state index in [2.05, 4.69) is 4.98 Å². The fraction of sp³-hybridized carbons (Fsp3) is 0.111. The number of rotatable bonds is 2. The maximum atomic E-state index is 11.7. The van der Waals surface area contributed by atoms with Gasteiger partial charge in [0.15, 0.2) is 5.15 Å². The molecule has 0 aliphatic heterocycles. The van der Waals surface area contributed by atoms with Crippen LogP contribution in [0.2, 0.25) is 14.5 Å². The summed E-state index contributed by atoms with van der Waals surface area (Å²) in [7, 11) is 0. The largest absolute Gasteiger partial charge is 0.293 e. The highest BCUT2D eigenvalue weighted by molar-refractivity contribution is 7.16. The summed E-state index contributed by atoms with van der Waals surface area (Å²) in [6.45, 7) is 0.389. The van der Waals surface area contributed by atoms with Gasteiger partial charge in [-0.15, -0.1) is 11.3 Å². The molecule has 0 unspecified atom stereocenters. The Kier molecular flexibility index (Phi) is 3.54. The van der Waals surface area contributed by atoms with E-state index in [1.165, 1.54) is 22.2 Å². The van der Waals surface area contributed by atoms with Crippen molar-refractivity contribution in [2.75, 3.05) is 0 Å². The molecule has 0 radical (unpaired) electrons. The summed E-state index contributed by atoms with van der Waals surface area (Å²) in [6, 6.07) is 3.62. The number of halogens is 3. The van der Waals surface area contributed by atoms with E-state index in [1.807, 2.05) is 6.07 Å². The fourth-order valence-corrected chi connectivity index (χ4v) is 2.53. The molecule has 0 saturated heterocycles. The molecule has 2 aromatic heterocycles. The SMILES string of the molecule is O=c1c(Cl)c(Cl)ncn1Cc1ccc(Cl)s1. The number of aromatic nitrogens is 2. The predicted molar refractivity (Wildman–Crippen MR) is 66.9 cm³/mol. The molecule has 3 nitrogen and oxygen atoms in total. The lowest BCUT2D eigenvalue weighted by molar-refractivity contribution is 0.745. The fourth-order valence-electron chi connectivity index (χ4n) is 1.16. The minimum atomic E-state index is -0.355. The molecule has 0 bridgehead atoms. The lowest BCUT2D eigenvalue weighted by atomic mass is 10.4. The summed E-state index contributed by atoms with van der Waals surface area (Å²) < 4.78 is 2.06. The van der Waals surface area contributed by atoms with Crippen molar-refractivity contribution in [3.8, 4) is 0 Å². The van der Waals surface area contributed by atoms with Crippen molar-refractivity contribution < 1.29 is 0 Å². The minimum Gasteiger partial charge on any atom is -0.293 e. The van der Waals surface area contributed by atoms with Crippen LogP contribution < -0.4 is 5.56 Å². The minimum absolute atomic E-state index is 0.0205. The molecule has 0 aliphatic rings. The van der Waals surface area contributed by atoms with Gasteiger partial charge in [-0.2, -0.15) is 0 Å². The highest BCUT2D eigenvalue weighted by Gasteiger charge is 2.08. The Bertz CT molecular complexity index is 578. The van der Waals surface area contributed by atoms with Gasteiger partial charge in [0.2, 0.25) is 0 Å². The first kappa shape index (κ1) is 11.9. The van der Waals surface area contributed by atoms with E-state index in [4.69, 9.17) is 34.8 Å². The molecular weight excluding hydrogens is 291 g/mol. The second-order valence-corrected chi connectivity index (χ2v) is 5.52. The first-order valence-corrected chi connectivity index (χ1v) is 6.17. The topological polar surface area (TPSA) is 34.9 Å². The van der Waals surface area contributed by atoms with E-state index >= 15 is 0 Å². The zero-order valence-corrected chi connectivity index (χ0v) is 10.9. The Hall–Kier alpha value is -0.550. The van der Waals surface area contributed by atoms with Gasteiger partial charge in [-0.25, -0.2) is 4.98 Å². The third kappa shape index (κ3) is 2.40. The molecule has 0 aliphatic carbocycles. The Morgan fingerprint density at radius 3 is 2.69 bits per heavy atom. The zero-order valence-electron chi connectivity index (χ0n) is 7.78. The molecule has 2 aromatic rings. The first-order chi connectivity index (χ1) is 7.58. The van der Waals surface area contributed by atoms with E-state index in [1.54, 1.807) is 6.07 Å². The van der Waals surface area contributed by atoms with Crippen LogP contribution in [0, 0.1) is 0 Å². The molecule has 7 heteroatoms. The maximum Gasteiger partial charge on any atom is 0.274 e. The van der Waals surface area contributed by atoms with Gasteiger partial charge in [0.25, 0.3) is 5.56 Å². The van der Waals surface area contributed by atoms with Crippen molar-refractivity contribution >= 4 is 46.1 Å². The monoisotopic (exact) mass is 294 g/mol. The normalized spacial score (nSPS) is 10.7. The van der Waals surface area contributed by atoms with Gasteiger partial charge >= 0.3 is 0 Å². The van der Waals surface area contributed by atoms with Crippen LogP contribution in [0.25, 0.3) is 0 Å². The second-order valence-electron chi connectivity index (χ2n) is 2.99. The van der Waals surface area contributed by atoms with Crippen molar-refractivity contribution in [2.45, 2.75) is 6.54 Å². The van der Waals surface area contributed by atoms with E-state index in [0.717, 1.165) is 4.88 Å². The van der Waals surface area contributed by atoms with Crippen molar-refractivity contribution in [3.05, 3.63) is 48.2 Å². The summed E-state index contributed by atoms with van der Waals surface area (Å²) in [4.78, 5) is 16.4. The number of nitrogens with zero attached hydrogens (tertiary/aromatic N) is 2. The average Bonchev–Trinajstić information content (AvgIpc) is 2.65. The molecule has 84 valence electrons. The molecule has 0 saturated carbocycles. The van der Waals surface area contributed by atoms with Gasteiger partial charge in [-0.3, -0.25) is 9.36 Å². The quantitative estimate of drug-likeness (QED) is 0.797. The number of hydrogen-bond donors (Lipinski definition) is 0. The van der Waals surface area contributed by atoms with Crippen LogP contribution in [0.5, 0.6) is 0 Å². The summed E-state index contributed by atoms with van der Waals surface area (Å²) in [5.74, 6) is 0. The maximum absolute atomic E-state index is 11.7. The lowest BCUT2D eigenvalue weighted by Gasteiger charge is -2.03. The van der Waals surface area contributed by atoms with Crippen LogP contribution in [0.4, 0.5) is 0 Å². The standard InChI is InChI=1S/C9H5Cl3N2OS/c10-6-2-1-5(16-6)3-14-4-13-8(12)7(11)9(14)15/h1-2,4H,3H2. The predicted octanol–water partition coefficient (Wildman–Crippen LogP) is 3.31. The highest BCUT2D eigenvalue weighted by atomic mass is 35.5. The van der Waals surface area contributed by atoms with Crippen molar-refractivity contribution in [1.82, 2.24) is 9.55 Å². The zero-order chi connectivity index (χ0) is 11.7. The van der Waals surface area contributed by atoms with Crippen LogP contribution >= 0.6 is 46.1 Å². The molecule has 0 aromatic carbocycles. The van der Waals surface area contributed by atoms with Gasteiger partial charge < -0.3 is 0 Å². The molecular formula is C9H5Cl3N2OS. The molecule has 2 heterocycles. The van der Waals surface area contributed by atoms with Gasteiger partial charge in [0.05, 0.1) is 17.2 Å². The van der Waals surface area contributed by atoms with Gasteiger partial charge in [-0.05, 0) is 12.1 Å². The van der Waals surface area contributed by atoms with Gasteiger partial charge in [0.1, 0.15) is 5.02 Å². The number of thiophene rings is 1. The molecule has 0 N–H and O–H groups in total. The van der Waals surface area contributed by atoms with E-state index in [9.17, 15) is 4.79 Å². The van der Waals surface area contributed by atoms with Gasteiger partial charge in [0, 0.05) is 4.88 Å². The molecule has 0 atom stereocenters. The lowest BCUT2D eigenvalue weighted by Crippen LogP contribution is -2.21. The van der Waals surface area contributed by atoms with E-state index in [0.29, 0.717) is 10.9 Å². The average molecular weight is 296 g/mol. The highest BCUT2D eigenvalue weighted by Crippen LogP contribution is 2.22. The summed E-state index contributed by atoms with van der Waals surface area (Å²) in [6.07, 6.45) is 1.37. The Morgan fingerprint density at radius 2 is 2.06 bits per heavy atom. The Labute approximate surface area is 110 Å². The van der Waals surface area contributed by atoms with E-state index < -0.39 is 0 Å². The molecule has 0 fully saturated rings. The van der Waals surface area contributed by atoms with Crippen LogP contribution in [0.1, 0.15) is 4.88 Å². The van der Waals surface area contributed by atoms with Crippen LogP contribution in [0.3, 0.4) is 0 Å². The Balaban J connectivity index is 2.36.